The van der Waals surface area contributed by atoms with Gasteiger partial charge in [0.1, 0.15) is 0 Å². The van der Waals surface area contributed by atoms with E-state index >= 15 is 0 Å². The molecule has 0 bridgehead atoms. The Labute approximate surface area is 109 Å². The summed E-state index contributed by atoms with van der Waals surface area (Å²) in [6, 6.07) is 6.35. The molecule has 0 aliphatic rings. The summed E-state index contributed by atoms with van der Waals surface area (Å²) in [5, 5.41) is 5.31. The van der Waals surface area contributed by atoms with E-state index in [-0.39, 0.29) is 0 Å². The van der Waals surface area contributed by atoms with Crippen molar-refractivity contribution in [3.8, 4) is 0 Å². The molecule has 1 aromatic heterocycles. The van der Waals surface area contributed by atoms with E-state index in [4.69, 9.17) is 11.6 Å². The second kappa shape index (κ2) is 4.78. The second-order valence-electron chi connectivity index (χ2n) is 4.14. The highest BCUT2D eigenvalue weighted by atomic mass is 79.9. The van der Waals surface area contributed by atoms with Crippen LogP contribution in [0.2, 0.25) is 5.02 Å². The van der Waals surface area contributed by atoms with Gasteiger partial charge in [0, 0.05) is 38.7 Å². The van der Waals surface area contributed by atoms with Crippen molar-refractivity contribution in [3.63, 3.8) is 0 Å². The van der Waals surface area contributed by atoms with E-state index in [1.807, 2.05) is 18.2 Å². The number of nitrogens with one attached hydrogen (secondary N) is 2. The zero-order chi connectivity index (χ0) is 11.7. The molecular weight excluding hydrogens is 288 g/mol. The quantitative estimate of drug-likeness (QED) is 0.878. The van der Waals surface area contributed by atoms with Crippen molar-refractivity contribution in [2.24, 2.45) is 0 Å². The zero-order valence-electron chi connectivity index (χ0n) is 9.27. The molecule has 0 saturated heterocycles. The van der Waals surface area contributed by atoms with Crippen molar-refractivity contribution < 1.29 is 0 Å². The van der Waals surface area contributed by atoms with Gasteiger partial charge >= 0.3 is 0 Å². The number of aromatic nitrogens is 1. The van der Waals surface area contributed by atoms with Gasteiger partial charge in [0.15, 0.2) is 0 Å². The lowest BCUT2D eigenvalue weighted by Crippen LogP contribution is -2.22. The molecule has 0 aliphatic carbocycles. The molecule has 2 aromatic rings. The molecule has 0 fully saturated rings. The largest absolute Gasteiger partial charge is 0.356 e. The molecule has 4 heteroatoms. The highest BCUT2D eigenvalue weighted by Crippen LogP contribution is 2.29. The lowest BCUT2D eigenvalue weighted by Gasteiger charge is -2.06. The summed E-state index contributed by atoms with van der Waals surface area (Å²) in [5.74, 6) is 0. The van der Waals surface area contributed by atoms with Gasteiger partial charge in [0.25, 0.3) is 0 Å². The molecule has 0 saturated carbocycles. The van der Waals surface area contributed by atoms with Crippen LogP contribution in [0, 0.1) is 0 Å². The Kier molecular flexibility index (Phi) is 3.57. The summed E-state index contributed by atoms with van der Waals surface area (Å²) in [6.45, 7) is 5.09. The van der Waals surface area contributed by atoms with Crippen LogP contribution in [-0.4, -0.2) is 11.0 Å². The topological polar surface area (TPSA) is 27.8 Å². The van der Waals surface area contributed by atoms with Gasteiger partial charge in [-0.15, -0.1) is 0 Å². The van der Waals surface area contributed by atoms with Gasteiger partial charge in [-0.1, -0.05) is 31.5 Å². The number of hydrogen-bond acceptors (Lipinski definition) is 1. The highest BCUT2D eigenvalue weighted by molar-refractivity contribution is 9.10. The molecule has 0 aliphatic heterocycles. The second-order valence-corrected chi connectivity index (χ2v) is 5.37. The van der Waals surface area contributed by atoms with Crippen LogP contribution in [0.3, 0.4) is 0 Å². The zero-order valence-corrected chi connectivity index (χ0v) is 11.6. The van der Waals surface area contributed by atoms with Gasteiger partial charge in [-0.3, -0.25) is 0 Å². The first-order valence-corrected chi connectivity index (χ1v) is 6.44. The molecular formula is C12H14BrClN2. The van der Waals surface area contributed by atoms with Gasteiger partial charge in [-0.2, -0.15) is 0 Å². The Hall–Kier alpha value is -0.510. The van der Waals surface area contributed by atoms with Crippen LogP contribution >= 0.6 is 27.5 Å². The van der Waals surface area contributed by atoms with Gasteiger partial charge in [-0.05, 0) is 28.1 Å². The number of aromatic amines is 1. The van der Waals surface area contributed by atoms with E-state index in [1.54, 1.807) is 0 Å². The Morgan fingerprint density at radius 1 is 1.44 bits per heavy atom. The van der Waals surface area contributed by atoms with E-state index < -0.39 is 0 Å². The number of rotatable bonds is 3. The molecule has 0 spiro atoms. The maximum Gasteiger partial charge on any atom is 0.0483 e. The predicted molar refractivity (Wildman–Crippen MR) is 73.0 cm³/mol. The molecule has 86 valence electrons. The fourth-order valence-electron chi connectivity index (χ4n) is 1.62. The fraction of sp³-hybridized carbons (Fsp3) is 0.333. The third-order valence-electron chi connectivity index (χ3n) is 2.46. The first-order chi connectivity index (χ1) is 7.58. The van der Waals surface area contributed by atoms with Crippen LogP contribution in [-0.2, 0) is 6.54 Å². The number of halogens is 2. The summed E-state index contributed by atoms with van der Waals surface area (Å²) in [5.41, 5.74) is 2.23. The average Bonchev–Trinajstić information content (AvgIpc) is 2.52. The van der Waals surface area contributed by atoms with Crippen molar-refractivity contribution in [2.75, 3.05) is 0 Å². The lowest BCUT2D eigenvalue weighted by atomic mass is 10.2. The number of fused-ring (bicyclic) bond motifs is 1. The van der Waals surface area contributed by atoms with E-state index in [0.717, 1.165) is 27.3 Å². The van der Waals surface area contributed by atoms with Gasteiger partial charge in [0.05, 0.1) is 0 Å². The highest BCUT2D eigenvalue weighted by Gasteiger charge is 2.09. The van der Waals surface area contributed by atoms with E-state index in [1.165, 1.54) is 5.39 Å². The smallest absolute Gasteiger partial charge is 0.0483 e. The molecule has 2 nitrogen and oxygen atoms in total. The van der Waals surface area contributed by atoms with E-state index in [0.29, 0.717) is 6.04 Å². The Morgan fingerprint density at radius 3 is 2.88 bits per heavy atom. The van der Waals surface area contributed by atoms with Crippen LogP contribution in [0.25, 0.3) is 10.9 Å². The number of H-pyrrole nitrogens is 1. The maximum absolute atomic E-state index is 5.96. The molecule has 0 amide bonds. The summed E-state index contributed by atoms with van der Waals surface area (Å²) in [6.07, 6.45) is 0. The molecule has 2 rings (SSSR count). The van der Waals surface area contributed by atoms with Gasteiger partial charge in [0.2, 0.25) is 0 Å². The molecule has 1 heterocycles. The number of hydrogen-bond donors (Lipinski definition) is 2. The molecule has 16 heavy (non-hydrogen) atoms. The molecule has 2 N–H and O–H groups in total. The van der Waals surface area contributed by atoms with Crippen molar-refractivity contribution in [1.29, 1.82) is 0 Å². The molecule has 0 unspecified atom stereocenters. The third kappa shape index (κ3) is 2.42. The fourth-order valence-corrected chi connectivity index (χ4v) is 2.38. The SMILES string of the molecule is CC(C)NCc1[nH]c2cc(Cl)ccc2c1Br. The average molecular weight is 302 g/mol. The third-order valence-corrected chi connectivity index (χ3v) is 3.60. The first-order valence-electron chi connectivity index (χ1n) is 5.27. The van der Waals surface area contributed by atoms with Crippen molar-refractivity contribution >= 4 is 38.4 Å². The van der Waals surface area contributed by atoms with Gasteiger partial charge in [-0.25, -0.2) is 0 Å². The van der Waals surface area contributed by atoms with E-state index in [2.05, 4.69) is 40.1 Å². The minimum atomic E-state index is 0.474. The first kappa shape index (κ1) is 12.0. The van der Waals surface area contributed by atoms with Gasteiger partial charge < -0.3 is 10.3 Å². The van der Waals surface area contributed by atoms with Crippen LogP contribution in [0.1, 0.15) is 19.5 Å². The molecule has 0 radical (unpaired) electrons. The van der Waals surface area contributed by atoms with Crippen molar-refractivity contribution in [2.45, 2.75) is 26.4 Å². The molecule has 0 atom stereocenters. The van der Waals surface area contributed by atoms with E-state index in [9.17, 15) is 0 Å². The summed E-state index contributed by atoms with van der Waals surface area (Å²) >= 11 is 9.57. The van der Waals surface area contributed by atoms with Crippen LogP contribution in [0.15, 0.2) is 22.7 Å². The maximum atomic E-state index is 5.96. The monoisotopic (exact) mass is 300 g/mol. The van der Waals surface area contributed by atoms with Crippen LogP contribution in [0.5, 0.6) is 0 Å². The predicted octanol–water partition coefficient (Wildman–Crippen LogP) is 4.08. The van der Waals surface area contributed by atoms with Crippen LogP contribution < -0.4 is 5.32 Å². The summed E-state index contributed by atoms with van der Waals surface area (Å²) < 4.78 is 1.12. The minimum absolute atomic E-state index is 0.474. The van der Waals surface area contributed by atoms with Crippen molar-refractivity contribution in [1.82, 2.24) is 10.3 Å². The summed E-state index contributed by atoms with van der Waals surface area (Å²) in [4.78, 5) is 3.37. The van der Waals surface area contributed by atoms with Crippen molar-refractivity contribution in [3.05, 3.63) is 33.4 Å². The van der Waals surface area contributed by atoms with Crippen LogP contribution in [0.4, 0.5) is 0 Å². The standard InChI is InChI=1S/C12H14BrClN2/c1-7(2)15-6-11-12(13)9-4-3-8(14)5-10(9)16-11/h3-5,7,15-16H,6H2,1-2H3. The normalized spacial score (nSPS) is 11.6. The number of benzene rings is 1. The molecule has 1 aromatic carbocycles. The Morgan fingerprint density at radius 2 is 2.19 bits per heavy atom. The minimum Gasteiger partial charge on any atom is -0.356 e. The lowest BCUT2D eigenvalue weighted by molar-refractivity contribution is 0.582. The Balaban J connectivity index is 2.36. The summed E-state index contributed by atoms with van der Waals surface area (Å²) in [7, 11) is 0. The Bertz CT molecular complexity index is 505.